The highest BCUT2D eigenvalue weighted by atomic mass is 16.5. The summed E-state index contributed by atoms with van der Waals surface area (Å²) >= 11 is 0. The van der Waals surface area contributed by atoms with Crippen molar-refractivity contribution in [3.63, 3.8) is 0 Å². The zero-order chi connectivity index (χ0) is 22.9. The number of ether oxygens (including phenoxy) is 2. The van der Waals surface area contributed by atoms with Crippen molar-refractivity contribution in [1.82, 2.24) is 10.3 Å². The van der Waals surface area contributed by atoms with Gasteiger partial charge in [0.05, 0.1) is 13.2 Å². The molecule has 170 valence electrons. The number of rotatable bonds is 12. The monoisotopic (exact) mass is 434 g/mol. The van der Waals surface area contributed by atoms with E-state index in [4.69, 9.17) is 29.3 Å². The van der Waals surface area contributed by atoms with Gasteiger partial charge in [0, 0.05) is 31.5 Å². The van der Waals surface area contributed by atoms with E-state index < -0.39 is 11.9 Å². The highest BCUT2D eigenvalue weighted by Gasteiger charge is 2.09. The lowest BCUT2D eigenvalue weighted by Gasteiger charge is -2.15. The number of pyridine rings is 1. The van der Waals surface area contributed by atoms with Crippen LogP contribution in [0.4, 0.5) is 0 Å². The van der Waals surface area contributed by atoms with Crippen LogP contribution in [0.3, 0.4) is 0 Å². The quantitative estimate of drug-likeness (QED) is 0.289. The van der Waals surface area contributed by atoms with Gasteiger partial charge in [-0.2, -0.15) is 0 Å². The lowest BCUT2D eigenvalue weighted by Crippen LogP contribution is -2.25. The number of aliphatic hydroxyl groups excluding tert-OH is 1. The van der Waals surface area contributed by atoms with Gasteiger partial charge in [-0.25, -0.2) is 9.59 Å². The Bertz CT molecular complexity index is 742. The van der Waals surface area contributed by atoms with Gasteiger partial charge in [0.15, 0.2) is 0 Å². The second kappa shape index (κ2) is 15.8. The molecule has 9 nitrogen and oxygen atoms in total. The number of hydrogen-bond donors (Lipinski definition) is 4. The van der Waals surface area contributed by atoms with Gasteiger partial charge in [-0.15, -0.1) is 0 Å². The Morgan fingerprint density at radius 2 is 1.81 bits per heavy atom. The Morgan fingerprint density at radius 3 is 2.35 bits per heavy atom. The Morgan fingerprint density at radius 1 is 1.10 bits per heavy atom. The molecule has 4 N–H and O–H groups in total. The number of nitrogens with zero attached hydrogens (tertiary/aromatic N) is 1. The third kappa shape index (κ3) is 11.7. The second-order valence-corrected chi connectivity index (χ2v) is 6.42. The molecule has 0 aliphatic rings. The molecule has 0 radical (unpaired) electrons. The number of carboxylic acid groups (broad SMARTS) is 2. The lowest BCUT2D eigenvalue weighted by molar-refractivity contribution is -0.159. The smallest absolute Gasteiger partial charge is 0.414 e. The maximum Gasteiger partial charge on any atom is 0.414 e. The number of hydrogen-bond acceptors (Lipinski definition) is 7. The molecule has 0 saturated heterocycles. The van der Waals surface area contributed by atoms with E-state index in [0.29, 0.717) is 19.8 Å². The fourth-order valence-corrected chi connectivity index (χ4v) is 2.53. The number of carboxylic acids is 2. The number of benzene rings is 1. The van der Waals surface area contributed by atoms with Gasteiger partial charge in [-0.3, -0.25) is 4.98 Å². The predicted octanol–water partition coefficient (Wildman–Crippen LogP) is 1.56. The van der Waals surface area contributed by atoms with Crippen LogP contribution >= 0.6 is 0 Å². The van der Waals surface area contributed by atoms with Crippen LogP contribution in [0, 0.1) is 0 Å². The first-order valence-corrected chi connectivity index (χ1v) is 9.95. The first-order chi connectivity index (χ1) is 15.0. The van der Waals surface area contributed by atoms with Gasteiger partial charge >= 0.3 is 11.9 Å². The summed E-state index contributed by atoms with van der Waals surface area (Å²) in [4.78, 5) is 22.3. The molecule has 0 aliphatic carbocycles. The fourth-order valence-electron chi connectivity index (χ4n) is 2.53. The van der Waals surface area contributed by atoms with Crippen molar-refractivity contribution >= 4 is 11.9 Å². The summed E-state index contributed by atoms with van der Waals surface area (Å²) in [6, 6.07) is 12.1. The van der Waals surface area contributed by atoms with Crippen molar-refractivity contribution in [2.45, 2.75) is 19.3 Å². The van der Waals surface area contributed by atoms with Gasteiger partial charge in [-0.1, -0.05) is 18.2 Å². The van der Waals surface area contributed by atoms with Crippen LogP contribution in [0.15, 0.2) is 48.8 Å². The van der Waals surface area contributed by atoms with Gasteiger partial charge in [0.25, 0.3) is 0 Å². The first kappa shape index (κ1) is 26.0. The first-order valence-electron chi connectivity index (χ1n) is 9.95. The molecule has 1 atom stereocenters. The standard InChI is InChI=1S/C20H28N2O3.C2H2O4/c1-2-24-12-13-25-20-7-5-17(6-8-20)9-11-22-15-19(16-23)18-4-3-10-21-14-18;3-1(4)2(5)6/h3-8,10,14,19,22-23H,2,9,11-13,15-16H2,1H3;(H,3,4)(H,5,6). The van der Waals surface area contributed by atoms with E-state index >= 15 is 0 Å². The Balaban J connectivity index is 0.000000703. The van der Waals surface area contributed by atoms with Crippen molar-refractivity contribution < 1.29 is 34.4 Å². The fraction of sp³-hybridized carbons (Fsp3) is 0.409. The highest BCUT2D eigenvalue weighted by Crippen LogP contribution is 2.14. The molecular formula is C22H30N2O7. The maximum atomic E-state index is 9.54. The zero-order valence-electron chi connectivity index (χ0n) is 17.6. The summed E-state index contributed by atoms with van der Waals surface area (Å²) in [6.45, 7) is 5.60. The average Bonchev–Trinajstić information content (AvgIpc) is 2.78. The molecule has 0 spiro atoms. The lowest BCUT2D eigenvalue weighted by atomic mass is 10.0. The van der Waals surface area contributed by atoms with Crippen molar-refractivity contribution in [2.75, 3.05) is 39.5 Å². The molecule has 0 fully saturated rings. The summed E-state index contributed by atoms with van der Waals surface area (Å²) in [5.41, 5.74) is 2.32. The SMILES string of the molecule is CCOCCOc1ccc(CCNCC(CO)c2cccnc2)cc1.O=C(O)C(=O)O. The van der Waals surface area contributed by atoms with Crippen LogP contribution < -0.4 is 10.1 Å². The molecule has 2 rings (SSSR count). The number of nitrogens with one attached hydrogen (secondary N) is 1. The number of carbonyl (C=O) groups is 2. The van der Waals surface area contributed by atoms with Crippen LogP contribution in [0.5, 0.6) is 5.75 Å². The molecule has 0 bridgehead atoms. The van der Waals surface area contributed by atoms with Gasteiger partial charge in [-0.05, 0) is 49.2 Å². The summed E-state index contributed by atoms with van der Waals surface area (Å²) in [7, 11) is 0. The van der Waals surface area contributed by atoms with Gasteiger partial charge < -0.3 is 30.1 Å². The number of aliphatic hydroxyl groups is 1. The molecular weight excluding hydrogens is 404 g/mol. The maximum absolute atomic E-state index is 9.54. The predicted molar refractivity (Wildman–Crippen MR) is 114 cm³/mol. The average molecular weight is 434 g/mol. The van der Waals surface area contributed by atoms with Gasteiger partial charge in [0.2, 0.25) is 0 Å². The number of aliphatic carboxylic acids is 2. The third-order valence-corrected chi connectivity index (χ3v) is 4.16. The Hall–Kier alpha value is -3.01. The highest BCUT2D eigenvalue weighted by molar-refractivity contribution is 6.27. The van der Waals surface area contributed by atoms with E-state index in [1.807, 2.05) is 37.4 Å². The van der Waals surface area contributed by atoms with Crippen molar-refractivity contribution in [3.8, 4) is 5.75 Å². The summed E-state index contributed by atoms with van der Waals surface area (Å²) in [5, 5.41) is 27.7. The van der Waals surface area contributed by atoms with E-state index in [9.17, 15) is 5.11 Å². The minimum Gasteiger partial charge on any atom is -0.491 e. The number of aromatic nitrogens is 1. The normalized spacial score (nSPS) is 11.2. The molecule has 1 aromatic carbocycles. The van der Waals surface area contributed by atoms with Crippen LogP contribution in [0.25, 0.3) is 0 Å². The minimum absolute atomic E-state index is 0.0785. The molecule has 1 heterocycles. The Labute approximate surface area is 181 Å². The molecule has 31 heavy (non-hydrogen) atoms. The zero-order valence-corrected chi connectivity index (χ0v) is 17.6. The van der Waals surface area contributed by atoms with Crippen molar-refractivity contribution in [3.05, 3.63) is 59.9 Å². The second-order valence-electron chi connectivity index (χ2n) is 6.42. The molecule has 2 aromatic rings. The third-order valence-electron chi connectivity index (χ3n) is 4.16. The van der Waals surface area contributed by atoms with E-state index in [1.165, 1.54) is 5.56 Å². The van der Waals surface area contributed by atoms with Crippen LogP contribution in [0.1, 0.15) is 24.0 Å². The Kier molecular flexibility index (Phi) is 13.2. The molecule has 9 heteroatoms. The van der Waals surface area contributed by atoms with E-state index in [1.54, 1.807) is 6.20 Å². The van der Waals surface area contributed by atoms with Crippen LogP contribution in [-0.2, 0) is 20.7 Å². The van der Waals surface area contributed by atoms with Crippen LogP contribution in [0.2, 0.25) is 0 Å². The van der Waals surface area contributed by atoms with E-state index in [-0.39, 0.29) is 12.5 Å². The summed E-state index contributed by atoms with van der Waals surface area (Å²) < 4.78 is 10.9. The molecule has 1 unspecified atom stereocenters. The molecule has 0 amide bonds. The van der Waals surface area contributed by atoms with E-state index in [2.05, 4.69) is 22.4 Å². The summed E-state index contributed by atoms with van der Waals surface area (Å²) in [5.74, 6) is -2.70. The van der Waals surface area contributed by atoms with Gasteiger partial charge in [0.1, 0.15) is 12.4 Å². The van der Waals surface area contributed by atoms with Crippen LogP contribution in [-0.4, -0.2) is 71.8 Å². The molecule has 1 aromatic heterocycles. The van der Waals surface area contributed by atoms with E-state index in [0.717, 1.165) is 30.8 Å². The minimum atomic E-state index is -1.82. The topological polar surface area (TPSA) is 138 Å². The molecule has 0 saturated carbocycles. The van der Waals surface area contributed by atoms with Crippen molar-refractivity contribution in [1.29, 1.82) is 0 Å². The largest absolute Gasteiger partial charge is 0.491 e. The molecule has 0 aliphatic heterocycles. The van der Waals surface area contributed by atoms with Crippen molar-refractivity contribution in [2.24, 2.45) is 0 Å². The summed E-state index contributed by atoms with van der Waals surface area (Å²) in [6.07, 6.45) is 4.49.